The van der Waals surface area contributed by atoms with Gasteiger partial charge in [-0.05, 0) is 54.2 Å². The molecule has 122 valence electrons. The fourth-order valence-electron chi connectivity index (χ4n) is 2.64. The Balaban J connectivity index is 1.61. The molecule has 0 amide bonds. The second kappa shape index (κ2) is 7.18. The molecular weight excluding hydrogens is 304 g/mol. The van der Waals surface area contributed by atoms with E-state index < -0.39 is 0 Å². The van der Waals surface area contributed by atoms with Gasteiger partial charge in [-0.2, -0.15) is 0 Å². The van der Waals surface area contributed by atoms with E-state index in [1.54, 1.807) is 6.26 Å². The number of nitrogens with zero attached hydrogens (tertiary/aromatic N) is 1. The zero-order valence-electron chi connectivity index (χ0n) is 13.8. The largest absolute Gasteiger partial charge is 0.467 e. The van der Waals surface area contributed by atoms with Crippen LogP contribution in [0.25, 0.3) is 0 Å². The minimum atomic E-state index is 0.569. The summed E-state index contributed by atoms with van der Waals surface area (Å²) in [6.07, 6.45) is 4.15. The maximum absolute atomic E-state index is 5.60. The van der Waals surface area contributed by atoms with Crippen molar-refractivity contribution in [1.82, 2.24) is 10.2 Å². The summed E-state index contributed by atoms with van der Waals surface area (Å²) >= 11 is 5.60. The summed E-state index contributed by atoms with van der Waals surface area (Å²) in [7, 11) is 0. The molecule has 1 N–H and O–H groups in total. The van der Waals surface area contributed by atoms with Gasteiger partial charge < -0.3 is 14.6 Å². The Morgan fingerprint density at radius 3 is 2.57 bits per heavy atom. The third-order valence-corrected chi connectivity index (χ3v) is 4.62. The van der Waals surface area contributed by atoms with Crippen LogP contribution in [0.2, 0.25) is 0 Å². The summed E-state index contributed by atoms with van der Waals surface area (Å²) in [4.78, 5) is 2.31. The van der Waals surface area contributed by atoms with Gasteiger partial charge >= 0.3 is 0 Å². The summed E-state index contributed by atoms with van der Waals surface area (Å²) in [6.45, 7) is 5.95. The Morgan fingerprint density at radius 2 is 2.00 bits per heavy atom. The van der Waals surface area contributed by atoms with Crippen molar-refractivity contribution in [2.75, 3.05) is 0 Å². The zero-order valence-corrected chi connectivity index (χ0v) is 14.6. The van der Waals surface area contributed by atoms with Crippen LogP contribution in [0, 0.1) is 0 Å². The fraction of sp³-hybridized carbons (Fsp3) is 0.421. The SMILES string of the molecule is CC(C)c1ccc(CN(C(=S)NCc2ccco2)C2CC2)cc1. The summed E-state index contributed by atoms with van der Waals surface area (Å²) in [6, 6.07) is 13.3. The van der Waals surface area contributed by atoms with E-state index in [-0.39, 0.29) is 0 Å². The zero-order chi connectivity index (χ0) is 16.2. The van der Waals surface area contributed by atoms with Crippen LogP contribution in [0.3, 0.4) is 0 Å². The predicted molar refractivity (Wildman–Crippen MR) is 97.2 cm³/mol. The van der Waals surface area contributed by atoms with Crippen molar-refractivity contribution in [1.29, 1.82) is 0 Å². The van der Waals surface area contributed by atoms with Crippen LogP contribution < -0.4 is 5.32 Å². The molecule has 1 aromatic carbocycles. The van der Waals surface area contributed by atoms with Crippen molar-refractivity contribution in [3.63, 3.8) is 0 Å². The standard InChI is InChI=1S/C19H24N2OS/c1-14(2)16-7-5-15(6-8-16)13-21(17-9-10-17)19(23)20-12-18-4-3-11-22-18/h3-8,11,14,17H,9-10,12-13H2,1-2H3,(H,20,23). The maximum Gasteiger partial charge on any atom is 0.169 e. The van der Waals surface area contributed by atoms with Gasteiger partial charge in [0.05, 0.1) is 12.8 Å². The Labute approximate surface area is 143 Å². The number of nitrogens with one attached hydrogen (secondary N) is 1. The molecule has 1 heterocycles. The number of hydrogen-bond donors (Lipinski definition) is 1. The van der Waals surface area contributed by atoms with Crippen LogP contribution in [0.4, 0.5) is 0 Å². The number of benzene rings is 1. The van der Waals surface area contributed by atoms with Crippen LogP contribution in [0.15, 0.2) is 47.1 Å². The average molecular weight is 328 g/mol. The first-order valence-corrected chi connectivity index (χ1v) is 8.70. The Bertz CT molecular complexity index is 630. The molecule has 0 atom stereocenters. The normalized spacial score (nSPS) is 14.0. The predicted octanol–water partition coefficient (Wildman–Crippen LogP) is 4.44. The van der Waals surface area contributed by atoms with Gasteiger partial charge in [0, 0.05) is 12.6 Å². The molecule has 0 spiro atoms. The van der Waals surface area contributed by atoms with Crippen molar-refractivity contribution in [3.05, 3.63) is 59.5 Å². The molecule has 1 saturated carbocycles. The molecular formula is C19H24N2OS. The topological polar surface area (TPSA) is 28.4 Å². The summed E-state index contributed by atoms with van der Waals surface area (Å²) in [5.74, 6) is 1.48. The Hall–Kier alpha value is -1.81. The third kappa shape index (κ3) is 4.35. The van der Waals surface area contributed by atoms with Crippen molar-refractivity contribution in [2.45, 2.75) is 51.7 Å². The summed E-state index contributed by atoms with van der Waals surface area (Å²) in [5.41, 5.74) is 2.69. The minimum absolute atomic E-state index is 0.569. The van der Waals surface area contributed by atoms with E-state index in [1.807, 2.05) is 12.1 Å². The van der Waals surface area contributed by atoms with Crippen LogP contribution in [-0.4, -0.2) is 16.1 Å². The van der Waals surface area contributed by atoms with Gasteiger partial charge in [-0.1, -0.05) is 38.1 Å². The van der Waals surface area contributed by atoms with Crippen LogP contribution in [-0.2, 0) is 13.1 Å². The third-order valence-electron chi connectivity index (χ3n) is 4.24. The van der Waals surface area contributed by atoms with Gasteiger partial charge in [-0.15, -0.1) is 0 Å². The fourth-order valence-corrected chi connectivity index (χ4v) is 2.92. The molecule has 23 heavy (non-hydrogen) atoms. The Morgan fingerprint density at radius 1 is 1.26 bits per heavy atom. The van der Waals surface area contributed by atoms with Crippen molar-refractivity contribution < 1.29 is 4.42 Å². The van der Waals surface area contributed by atoms with Gasteiger partial charge in [0.25, 0.3) is 0 Å². The number of furan rings is 1. The molecule has 3 nitrogen and oxygen atoms in total. The molecule has 4 heteroatoms. The van der Waals surface area contributed by atoms with E-state index in [0.717, 1.165) is 17.4 Å². The Kier molecular flexibility index (Phi) is 5.01. The highest BCUT2D eigenvalue weighted by Crippen LogP contribution is 2.29. The van der Waals surface area contributed by atoms with Crippen molar-refractivity contribution >= 4 is 17.3 Å². The monoisotopic (exact) mass is 328 g/mol. The molecule has 2 aromatic rings. The number of hydrogen-bond acceptors (Lipinski definition) is 2. The molecule has 0 radical (unpaired) electrons. The summed E-state index contributed by atoms with van der Waals surface area (Å²) < 4.78 is 5.35. The van der Waals surface area contributed by atoms with Crippen molar-refractivity contribution in [2.24, 2.45) is 0 Å². The average Bonchev–Trinajstić information content (AvgIpc) is 3.26. The number of thiocarbonyl (C=S) groups is 1. The minimum Gasteiger partial charge on any atom is -0.467 e. The second-order valence-electron chi connectivity index (χ2n) is 6.49. The maximum atomic E-state index is 5.60. The van der Waals surface area contributed by atoms with E-state index in [2.05, 4.69) is 48.3 Å². The molecule has 3 rings (SSSR count). The first-order chi connectivity index (χ1) is 11.1. The van der Waals surface area contributed by atoms with E-state index in [9.17, 15) is 0 Å². The van der Waals surface area contributed by atoms with Gasteiger partial charge in [-0.3, -0.25) is 0 Å². The van der Waals surface area contributed by atoms with Gasteiger partial charge in [-0.25, -0.2) is 0 Å². The highest BCUT2D eigenvalue weighted by Gasteiger charge is 2.30. The van der Waals surface area contributed by atoms with Crippen LogP contribution in [0.1, 0.15) is 49.5 Å². The smallest absolute Gasteiger partial charge is 0.169 e. The molecule has 0 aliphatic heterocycles. The van der Waals surface area contributed by atoms with Gasteiger partial charge in [0.15, 0.2) is 5.11 Å². The van der Waals surface area contributed by atoms with E-state index in [0.29, 0.717) is 18.5 Å². The lowest BCUT2D eigenvalue weighted by Gasteiger charge is -2.26. The lowest BCUT2D eigenvalue weighted by atomic mass is 10.0. The lowest BCUT2D eigenvalue weighted by Crippen LogP contribution is -2.40. The molecule has 1 aromatic heterocycles. The highest BCUT2D eigenvalue weighted by molar-refractivity contribution is 7.80. The summed E-state index contributed by atoms with van der Waals surface area (Å²) in [5, 5.41) is 4.14. The van der Waals surface area contributed by atoms with E-state index >= 15 is 0 Å². The molecule has 0 saturated heterocycles. The van der Waals surface area contributed by atoms with Gasteiger partial charge in [0.2, 0.25) is 0 Å². The molecule has 0 bridgehead atoms. The van der Waals surface area contributed by atoms with Crippen LogP contribution >= 0.6 is 12.2 Å². The highest BCUT2D eigenvalue weighted by atomic mass is 32.1. The molecule has 1 aliphatic carbocycles. The molecule has 1 aliphatic rings. The number of rotatable bonds is 6. The molecule has 0 unspecified atom stereocenters. The van der Waals surface area contributed by atoms with Crippen LogP contribution in [0.5, 0.6) is 0 Å². The lowest BCUT2D eigenvalue weighted by molar-refractivity contribution is 0.391. The van der Waals surface area contributed by atoms with Gasteiger partial charge in [0.1, 0.15) is 5.76 Å². The first kappa shape index (κ1) is 16.1. The van der Waals surface area contributed by atoms with E-state index in [4.69, 9.17) is 16.6 Å². The second-order valence-corrected chi connectivity index (χ2v) is 6.88. The molecule has 1 fully saturated rings. The van der Waals surface area contributed by atoms with Crippen molar-refractivity contribution in [3.8, 4) is 0 Å². The first-order valence-electron chi connectivity index (χ1n) is 8.29. The quantitative estimate of drug-likeness (QED) is 0.794. The van der Waals surface area contributed by atoms with E-state index in [1.165, 1.54) is 24.0 Å².